The van der Waals surface area contributed by atoms with Crippen molar-refractivity contribution in [1.82, 2.24) is 0 Å². The van der Waals surface area contributed by atoms with E-state index in [0.717, 1.165) is 25.7 Å². The predicted molar refractivity (Wildman–Crippen MR) is 49.5 cm³/mol. The van der Waals surface area contributed by atoms with Crippen LogP contribution in [0.3, 0.4) is 0 Å². The first-order valence-electron chi connectivity index (χ1n) is 4.89. The van der Waals surface area contributed by atoms with E-state index >= 15 is 0 Å². The zero-order valence-electron chi connectivity index (χ0n) is 8.69. The van der Waals surface area contributed by atoms with E-state index in [-0.39, 0.29) is 0 Å². The first-order chi connectivity index (χ1) is 6.74. The molecule has 5 heteroatoms. The highest BCUT2D eigenvalue weighted by Crippen LogP contribution is 2.12. The molecule has 0 aromatic heterocycles. The summed E-state index contributed by atoms with van der Waals surface area (Å²) in [6.45, 7) is 4.46. The molecule has 0 spiro atoms. The predicted octanol–water partition coefficient (Wildman–Crippen LogP) is 2.76. The number of carbonyl (C=O) groups is 1. The van der Waals surface area contributed by atoms with Crippen molar-refractivity contribution in [3.8, 4) is 0 Å². The molecule has 0 rings (SSSR count). The zero-order valence-corrected chi connectivity index (χ0v) is 8.69. The van der Waals surface area contributed by atoms with Gasteiger partial charge in [0.05, 0.1) is 6.61 Å². The fourth-order valence-electron chi connectivity index (χ4n) is 1.14. The van der Waals surface area contributed by atoms with Gasteiger partial charge in [-0.25, -0.2) is 14.9 Å². The Kier molecular flexibility index (Phi) is 8.27. The molecule has 1 unspecified atom stereocenters. The molecule has 0 aliphatic heterocycles. The molecule has 0 saturated heterocycles. The van der Waals surface area contributed by atoms with E-state index in [1.165, 1.54) is 0 Å². The van der Waals surface area contributed by atoms with Gasteiger partial charge in [0.25, 0.3) is 0 Å². The Morgan fingerprint density at radius 3 is 2.64 bits per heavy atom. The van der Waals surface area contributed by atoms with Gasteiger partial charge in [0.15, 0.2) is 0 Å². The van der Waals surface area contributed by atoms with E-state index < -0.39 is 6.16 Å². The van der Waals surface area contributed by atoms with Crippen molar-refractivity contribution in [2.75, 3.05) is 6.61 Å². The molecule has 84 valence electrons. The first kappa shape index (κ1) is 13.2. The Balaban J connectivity index is 3.55. The quantitative estimate of drug-likeness (QED) is 0.394. The topological polar surface area (TPSA) is 65.0 Å². The Bertz CT molecular complexity index is 148. The number of hydrogen-bond donors (Lipinski definition) is 1. The van der Waals surface area contributed by atoms with Crippen molar-refractivity contribution in [3.63, 3.8) is 0 Å². The summed E-state index contributed by atoms with van der Waals surface area (Å²) >= 11 is 0. The summed E-state index contributed by atoms with van der Waals surface area (Å²) in [6, 6.07) is 0. The molecule has 0 aliphatic carbocycles. The van der Waals surface area contributed by atoms with Crippen LogP contribution in [0.1, 0.15) is 39.5 Å². The number of ether oxygens (including phenoxy) is 1. The lowest BCUT2D eigenvalue weighted by Gasteiger charge is -2.13. The maximum atomic E-state index is 10.6. The van der Waals surface area contributed by atoms with Gasteiger partial charge in [0.1, 0.15) is 0 Å². The second-order valence-corrected chi connectivity index (χ2v) is 3.14. The first-order valence-corrected chi connectivity index (χ1v) is 4.89. The molecule has 0 radical (unpaired) electrons. The van der Waals surface area contributed by atoms with Gasteiger partial charge in [-0.2, -0.15) is 0 Å². The highest BCUT2D eigenvalue weighted by atomic mass is 17.5. The molecule has 14 heavy (non-hydrogen) atoms. The SMILES string of the molecule is CCCCC(CC)COC(=O)OOO. The molecule has 0 bridgehead atoms. The summed E-state index contributed by atoms with van der Waals surface area (Å²) < 4.78 is 4.69. The fourth-order valence-corrected chi connectivity index (χ4v) is 1.14. The second kappa shape index (κ2) is 8.77. The molecule has 1 N–H and O–H groups in total. The van der Waals surface area contributed by atoms with E-state index in [1.807, 2.05) is 6.92 Å². The third-order valence-electron chi connectivity index (χ3n) is 2.09. The van der Waals surface area contributed by atoms with Crippen molar-refractivity contribution in [2.24, 2.45) is 5.92 Å². The third kappa shape index (κ3) is 6.68. The van der Waals surface area contributed by atoms with Crippen LogP contribution in [0.15, 0.2) is 0 Å². The Hall–Kier alpha value is -0.810. The number of rotatable bonds is 7. The molecule has 0 fully saturated rings. The Labute approximate surface area is 83.8 Å². The maximum absolute atomic E-state index is 10.6. The van der Waals surface area contributed by atoms with Gasteiger partial charge in [-0.1, -0.05) is 33.1 Å². The van der Waals surface area contributed by atoms with Crippen molar-refractivity contribution >= 4 is 6.16 Å². The van der Waals surface area contributed by atoms with Gasteiger partial charge in [0, 0.05) is 0 Å². The number of hydrogen-bond acceptors (Lipinski definition) is 5. The van der Waals surface area contributed by atoms with E-state index in [1.54, 1.807) is 0 Å². The Morgan fingerprint density at radius 2 is 2.14 bits per heavy atom. The van der Waals surface area contributed by atoms with Gasteiger partial charge in [-0.15, -0.1) is 0 Å². The third-order valence-corrected chi connectivity index (χ3v) is 2.09. The van der Waals surface area contributed by atoms with Crippen LogP contribution in [0, 0.1) is 5.92 Å². The van der Waals surface area contributed by atoms with Gasteiger partial charge in [0.2, 0.25) is 0 Å². The number of carbonyl (C=O) groups excluding carboxylic acids is 1. The molecular weight excluding hydrogens is 188 g/mol. The lowest BCUT2D eigenvalue weighted by molar-refractivity contribution is -0.461. The lowest BCUT2D eigenvalue weighted by Crippen LogP contribution is -2.14. The minimum absolute atomic E-state index is 0.304. The maximum Gasteiger partial charge on any atom is 0.542 e. The molecule has 0 amide bonds. The summed E-state index contributed by atoms with van der Waals surface area (Å²) in [7, 11) is 0. The summed E-state index contributed by atoms with van der Waals surface area (Å²) in [5.74, 6) is 0.348. The van der Waals surface area contributed by atoms with Crippen LogP contribution < -0.4 is 0 Å². The van der Waals surface area contributed by atoms with Crippen LogP contribution >= 0.6 is 0 Å². The largest absolute Gasteiger partial charge is 0.542 e. The van der Waals surface area contributed by atoms with Crippen molar-refractivity contribution < 1.29 is 24.7 Å². The van der Waals surface area contributed by atoms with Crippen molar-refractivity contribution in [3.05, 3.63) is 0 Å². The van der Waals surface area contributed by atoms with Crippen molar-refractivity contribution in [1.29, 1.82) is 0 Å². The molecule has 0 heterocycles. The van der Waals surface area contributed by atoms with Gasteiger partial charge >= 0.3 is 6.16 Å². The minimum Gasteiger partial charge on any atom is -0.432 e. The molecule has 5 nitrogen and oxygen atoms in total. The molecular formula is C9H18O5. The van der Waals surface area contributed by atoms with E-state index in [0.29, 0.717) is 12.5 Å². The van der Waals surface area contributed by atoms with Crippen LogP contribution in [0.4, 0.5) is 4.79 Å². The van der Waals surface area contributed by atoms with Gasteiger partial charge in [-0.05, 0) is 17.4 Å². The second-order valence-electron chi connectivity index (χ2n) is 3.14. The molecule has 0 aromatic rings. The fraction of sp³-hybridized carbons (Fsp3) is 0.889. The van der Waals surface area contributed by atoms with E-state index in [4.69, 9.17) is 5.26 Å². The smallest absolute Gasteiger partial charge is 0.432 e. The highest BCUT2D eigenvalue weighted by molar-refractivity contribution is 5.58. The molecule has 1 atom stereocenters. The van der Waals surface area contributed by atoms with Crippen LogP contribution in [-0.4, -0.2) is 18.0 Å². The monoisotopic (exact) mass is 206 g/mol. The normalized spacial score (nSPS) is 12.2. The summed E-state index contributed by atoms with van der Waals surface area (Å²) in [4.78, 5) is 14.3. The summed E-state index contributed by atoms with van der Waals surface area (Å²) in [5, 5.41) is 11.0. The van der Waals surface area contributed by atoms with Crippen LogP contribution in [0.5, 0.6) is 0 Å². The summed E-state index contributed by atoms with van der Waals surface area (Å²) in [6.07, 6.45) is 3.21. The molecule has 0 saturated carbocycles. The molecule has 0 aromatic carbocycles. The standard InChI is InChI=1S/C9H18O5/c1-3-5-6-8(4-2)7-12-9(10)13-14-11/h8,11H,3-7H2,1-2H3. The average Bonchev–Trinajstić information content (AvgIpc) is 2.19. The van der Waals surface area contributed by atoms with Gasteiger partial charge in [-0.3, -0.25) is 0 Å². The van der Waals surface area contributed by atoms with Crippen LogP contribution in [-0.2, 0) is 14.7 Å². The van der Waals surface area contributed by atoms with Gasteiger partial charge < -0.3 is 4.74 Å². The molecule has 0 aliphatic rings. The average molecular weight is 206 g/mol. The Morgan fingerprint density at radius 1 is 1.43 bits per heavy atom. The number of unbranched alkanes of at least 4 members (excludes halogenated alkanes) is 1. The lowest BCUT2D eigenvalue weighted by atomic mass is 10.0. The van der Waals surface area contributed by atoms with Crippen LogP contribution in [0.25, 0.3) is 0 Å². The minimum atomic E-state index is -1.01. The van der Waals surface area contributed by atoms with E-state index in [9.17, 15) is 4.79 Å². The van der Waals surface area contributed by atoms with Crippen LogP contribution in [0.2, 0.25) is 0 Å². The van der Waals surface area contributed by atoms with Crippen molar-refractivity contribution in [2.45, 2.75) is 39.5 Å². The summed E-state index contributed by atoms with van der Waals surface area (Å²) in [5.41, 5.74) is 0. The van der Waals surface area contributed by atoms with E-state index in [2.05, 4.69) is 21.6 Å². The highest BCUT2D eigenvalue weighted by Gasteiger charge is 2.11. The zero-order chi connectivity index (χ0) is 10.8.